The molecule has 0 saturated carbocycles. The quantitative estimate of drug-likeness (QED) is 0.852. The Labute approximate surface area is 147 Å². The summed E-state index contributed by atoms with van der Waals surface area (Å²) in [6.07, 6.45) is 3.95. The van der Waals surface area contributed by atoms with Gasteiger partial charge in [-0.05, 0) is 62.2 Å². The molecule has 1 heterocycles. The molecule has 1 aromatic heterocycles. The summed E-state index contributed by atoms with van der Waals surface area (Å²) in [7, 11) is -3.83. The van der Waals surface area contributed by atoms with Gasteiger partial charge in [-0.2, -0.15) is 0 Å². The van der Waals surface area contributed by atoms with Crippen LogP contribution in [-0.2, 0) is 21.1 Å². The van der Waals surface area contributed by atoms with Crippen LogP contribution in [0.1, 0.15) is 19.4 Å². The first-order valence-corrected chi connectivity index (χ1v) is 9.28. The van der Waals surface area contributed by atoms with E-state index in [0.29, 0.717) is 18.0 Å². The predicted octanol–water partition coefficient (Wildman–Crippen LogP) is 2.65. The van der Waals surface area contributed by atoms with Crippen molar-refractivity contribution in [2.24, 2.45) is 0 Å². The van der Waals surface area contributed by atoms with Crippen molar-refractivity contribution >= 4 is 27.3 Å². The van der Waals surface area contributed by atoms with Gasteiger partial charge < -0.3 is 5.32 Å². The highest BCUT2D eigenvalue weighted by molar-refractivity contribution is 7.93. The first kappa shape index (κ1) is 18.4. The Hall–Kier alpha value is -1.92. The second kappa shape index (κ2) is 7.32. The molecule has 0 atom stereocenters. The van der Waals surface area contributed by atoms with Crippen molar-refractivity contribution in [3.8, 4) is 0 Å². The number of nitrogens with zero attached hydrogens (tertiary/aromatic N) is 1. The molecule has 1 aromatic carbocycles. The standard InChI is InChI=1S/C17H19ClN2O3S/c1-17(2,24(22,23)15-5-3-14(18)4-6-15)16(21)20-12-9-13-7-10-19-11-8-13/h3-8,10-11H,9,12H2,1-2H3,(H,20,21). The van der Waals surface area contributed by atoms with Gasteiger partial charge in [0.1, 0.15) is 4.75 Å². The second-order valence-corrected chi connectivity index (χ2v) is 8.76. The smallest absolute Gasteiger partial charge is 0.241 e. The van der Waals surface area contributed by atoms with Gasteiger partial charge in [0.15, 0.2) is 9.84 Å². The van der Waals surface area contributed by atoms with Gasteiger partial charge in [-0.3, -0.25) is 9.78 Å². The zero-order valence-electron chi connectivity index (χ0n) is 13.5. The minimum atomic E-state index is -3.83. The number of benzene rings is 1. The van der Waals surface area contributed by atoms with Crippen LogP contribution in [0.5, 0.6) is 0 Å². The van der Waals surface area contributed by atoms with Crippen molar-refractivity contribution in [1.82, 2.24) is 10.3 Å². The zero-order valence-corrected chi connectivity index (χ0v) is 15.1. The van der Waals surface area contributed by atoms with E-state index in [-0.39, 0.29) is 4.90 Å². The number of halogens is 1. The van der Waals surface area contributed by atoms with Gasteiger partial charge in [-0.15, -0.1) is 0 Å². The van der Waals surface area contributed by atoms with Crippen molar-refractivity contribution in [3.05, 3.63) is 59.4 Å². The third-order valence-corrected chi connectivity index (χ3v) is 6.46. The van der Waals surface area contributed by atoms with Crippen molar-refractivity contribution in [3.63, 3.8) is 0 Å². The number of nitrogens with one attached hydrogen (secondary N) is 1. The molecule has 0 bridgehead atoms. The lowest BCUT2D eigenvalue weighted by Crippen LogP contribution is -2.48. The van der Waals surface area contributed by atoms with E-state index >= 15 is 0 Å². The molecule has 24 heavy (non-hydrogen) atoms. The van der Waals surface area contributed by atoms with Crippen molar-refractivity contribution in [1.29, 1.82) is 0 Å². The predicted molar refractivity (Wildman–Crippen MR) is 93.7 cm³/mol. The van der Waals surface area contributed by atoms with Gasteiger partial charge in [0.25, 0.3) is 0 Å². The van der Waals surface area contributed by atoms with Crippen LogP contribution >= 0.6 is 11.6 Å². The molecule has 0 aliphatic carbocycles. The van der Waals surface area contributed by atoms with Crippen LogP contribution in [0.25, 0.3) is 0 Å². The molecule has 128 valence electrons. The van der Waals surface area contributed by atoms with E-state index < -0.39 is 20.5 Å². The minimum Gasteiger partial charge on any atom is -0.354 e. The van der Waals surface area contributed by atoms with Crippen molar-refractivity contribution in [2.45, 2.75) is 29.9 Å². The topological polar surface area (TPSA) is 76.1 Å². The number of rotatable bonds is 6. The fourth-order valence-corrected chi connectivity index (χ4v) is 3.64. The number of amides is 1. The Bertz CT molecular complexity index is 803. The van der Waals surface area contributed by atoms with E-state index in [4.69, 9.17) is 11.6 Å². The molecule has 1 amide bonds. The Balaban J connectivity index is 2.07. The van der Waals surface area contributed by atoms with Gasteiger partial charge in [-0.1, -0.05) is 11.6 Å². The molecule has 1 N–H and O–H groups in total. The number of hydrogen-bond donors (Lipinski definition) is 1. The summed E-state index contributed by atoms with van der Waals surface area (Å²) in [4.78, 5) is 16.4. The molecule has 0 aliphatic rings. The summed E-state index contributed by atoms with van der Waals surface area (Å²) in [6.45, 7) is 3.15. The van der Waals surface area contributed by atoms with Crippen LogP contribution in [-0.4, -0.2) is 30.6 Å². The zero-order chi connectivity index (χ0) is 17.8. The molecule has 2 aromatic rings. The number of carbonyl (C=O) groups excluding carboxylic acids is 1. The average molecular weight is 367 g/mol. The average Bonchev–Trinajstić information content (AvgIpc) is 2.56. The molecule has 0 radical (unpaired) electrons. The number of hydrogen-bond acceptors (Lipinski definition) is 4. The largest absolute Gasteiger partial charge is 0.354 e. The van der Waals surface area contributed by atoms with Crippen LogP contribution in [0.4, 0.5) is 0 Å². The summed E-state index contributed by atoms with van der Waals surface area (Å²) in [6, 6.07) is 9.49. The van der Waals surface area contributed by atoms with Gasteiger partial charge in [0.2, 0.25) is 5.91 Å². The highest BCUT2D eigenvalue weighted by atomic mass is 35.5. The third-order valence-electron chi connectivity index (χ3n) is 3.79. The van der Waals surface area contributed by atoms with Crippen molar-refractivity contribution < 1.29 is 13.2 Å². The van der Waals surface area contributed by atoms with Crippen LogP contribution in [0.15, 0.2) is 53.7 Å². The van der Waals surface area contributed by atoms with E-state index in [9.17, 15) is 13.2 Å². The molecule has 0 aliphatic heterocycles. The lowest BCUT2D eigenvalue weighted by molar-refractivity contribution is -0.122. The second-order valence-electron chi connectivity index (χ2n) is 5.83. The molecule has 7 heteroatoms. The van der Waals surface area contributed by atoms with Crippen LogP contribution < -0.4 is 5.32 Å². The summed E-state index contributed by atoms with van der Waals surface area (Å²) in [5, 5.41) is 3.13. The fraction of sp³-hybridized carbons (Fsp3) is 0.294. The summed E-state index contributed by atoms with van der Waals surface area (Å²) in [5.74, 6) is -0.536. The molecular weight excluding hydrogens is 348 g/mol. The van der Waals surface area contributed by atoms with E-state index in [1.165, 1.54) is 38.1 Å². The summed E-state index contributed by atoms with van der Waals surface area (Å²) < 4.78 is 23.9. The molecule has 2 rings (SSSR count). The normalized spacial score (nSPS) is 12.0. The molecule has 0 spiro atoms. The molecule has 0 unspecified atom stereocenters. The first-order chi connectivity index (χ1) is 11.2. The molecule has 0 saturated heterocycles. The van der Waals surface area contributed by atoms with E-state index in [0.717, 1.165) is 5.56 Å². The highest BCUT2D eigenvalue weighted by Crippen LogP contribution is 2.26. The van der Waals surface area contributed by atoms with Crippen molar-refractivity contribution in [2.75, 3.05) is 6.54 Å². The Morgan fingerprint density at radius 3 is 2.29 bits per heavy atom. The maximum atomic E-state index is 12.7. The molecule has 5 nitrogen and oxygen atoms in total. The molecule has 0 fully saturated rings. The third kappa shape index (κ3) is 3.94. The van der Waals surface area contributed by atoms with Gasteiger partial charge in [0, 0.05) is 24.0 Å². The maximum Gasteiger partial charge on any atom is 0.241 e. The Morgan fingerprint density at radius 2 is 1.71 bits per heavy atom. The Morgan fingerprint density at radius 1 is 1.12 bits per heavy atom. The van der Waals surface area contributed by atoms with Gasteiger partial charge in [0.05, 0.1) is 4.90 Å². The monoisotopic (exact) mass is 366 g/mol. The maximum absolute atomic E-state index is 12.7. The van der Waals surface area contributed by atoms with E-state index in [2.05, 4.69) is 10.3 Å². The minimum absolute atomic E-state index is 0.0705. The fourth-order valence-electron chi connectivity index (χ4n) is 2.11. The van der Waals surface area contributed by atoms with E-state index in [1.807, 2.05) is 12.1 Å². The lowest BCUT2D eigenvalue weighted by Gasteiger charge is -2.24. The van der Waals surface area contributed by atoms with Crippen LogP contribution in [0.3, 0.4) is 0 Å². The number of carbonyl (C=O) groups is 1. The molecular formula is C17H19ClN2O3S. The summed E-state index contributed by atoms with van der Waals surface area (Å²) in [5.41, 5.74) is 1.02. The SMILES string of the molecule is CC(C)(C(=O)NCCc1ccncc1)S(=O)(=O)c1ccc(Cl)cc1. The number of pyridine rings is 1. The van der Waals surface area contributed by atoms with Gasteiger partial charge in [-0.25, -0.2) is 8.42 Å². The number of aromatic nitrogens is 1. The van der Waals surface area contributed by atoms with Crippen LogP contribution in [0.2, 0.25) is 5.02 Å². The number of sulfone groups is 1. The van der Waals surface area contributed by atoms with Crippen LogP contribution in [0, 0.1) is 0 Å². The first-order valence-electron chi connectivity index (χ1n) is 7.42. The highest BCUT2D eigenvalue weighted by Gasteiger charge is 2.42. The Kier molecular flexibility index (Phi) is 5.62. The summed E-state index contributed by atoms with van der Waals surface area (Å²) >= 11 is 5.79. The van der Waals surface area contributed by atoms with Gasteiger partial charge >= 0.3 is 0 Å². The lowest BCUT2D eigenvalue weighted by atomic mass is 10.1. The van der Waals surface area contributed by atoms with E-state index in [1.54, 1.807) is 12.4 Å².